The molecule has 1 aromatic heterocycles. The van der Waals surface area contributed by atoms with Crippen molar-refractivity contribution in [2.45, 2.75) is 11.8 Å². The second-order valence-corrected chi connectivity index (χ2v) is 8.10. The van der Waals surface area contributed by atoms with E-state index in [2.05, 4.69) is 9.71 Å². The summed E-state index contributed by atoms with van der Waals surface area (Å²) in [5.41, 5.74) is 2.26. The van der Waals surface area contributed by atoms with Crippen LogP contribution in [0.15, 0.2) is 84.0 Å². The number of nitrogens with zero attached hydrogens (tertiary/aromatic N) is 1. The average molecular weight is 439 g/mol. The number of ether oxygens (including phenoxy) is 2. The lowest BCUT2D eigenvalue weighted by Crippen LogP contribution is -2.13. The lowest BCUT2D eigenvalue weighted by atomic mass is 9.98. The van der Waals surface area contributed by atoms with E-state index in [1.165, 1.54) is 25.3 Å². The summed E-state index contributed by atoms with van der Waals surface area (Å²) in [6, 6.07) is 16.4. The fraction of sp³-hybridized carbons (Fsp3) is 0.130. The predicted octanol–water partition coefficient (Wildman–Crippen LogP) is 3.89. The smallest absolute Gasteiger partial charge is 0.331 e. The SMILES string of the molecule is CCOC(=O)C=C(c1cccnc1)c1cccc(NS(=O)(=O)c2ccc(OC)cc2)c1. The second-order valence-electron chi connectivity index (χ2n) is 6.41. The van der Waals surface area contributed by atoms with E-state index in [9.17, 15) is 13.2 Å². The van der Waals surface area contributed by atoms with Crippen LogP contribution in [-0.2, 0) is 19.6 Å². The van der Waals surface area contributed by atoms with E-state index in [4.69, 9.17) is 9.47 Å². The molecule has 0 amide bonds. The molecule has 1 N–H and O–H groups in total. The summed E-state index contributed by atoms with van der Waals surface area (Å²) >= 11 is 0. The molecule has 0 saturated heterocycles. The number of pyridine rings is 1. The third-order valence-corrected chi connectivity index (χ3v) is 5.71. The molecular weight excluding hydrogens is 416 g/mol. The van der Waals surface area contributed by atoms with Crippen molar-refractivity contribution in [2.75, 3.05) is 18.4 Å². The van der Waals surface area contributed by atoms with E-state index in [-0.39, 0.29) is 11.5 Å². The normalized spacial score (nSPS) is 11.6. The fourth-order valence-corrected chi connectivity index (χ4v) is 3.93. The zero-order valence-electron chi connectivity index (χ0n) is 17.1. The van der Waals surface area contributed by atoms with Gasteiger partial charge in [0.25, 0.3) is 10.0 Å². The molecule has 0 radical (unpaired) electrons. The topological polar surface area (TPSA) is 94.6 Å². The Bertz CT molecular complexity index is 1170. The molecule has 0 spiro atoms. The summed E-state index contributed by atoms with van der Waals surface area (Å²) in [6.45, 7) is 1.97. The van der Waals surface area contributed by atoms with Crippen molar-refractivity contribution in [2.24, 2.45) is 0 Å². The third kappa shape index (κ3) is 5.70. The first-order valence-electron chi connectivity index (χ1n) is 9.49. The zero-order chi connectivity index (χ0) is 22.3. The summed E-state index contributed by atoms with van der Waals surface area (Å²) < 4.78 is 38.2. The van der Waals surface area contributed by atoms with Crippen LogP contribution in [0.2, 0.25) is 0 Å². The van der Waals surface area contributed by atoms with Gasteiger partial charge in [-0.25, -0.2) is 13.2 Å². The predicted molar refractivity (Wildman–Crippen MR) is 118 cm³/mol. The Kier molecular flexibility index (Phi) is 7.04. The maximum absolute atomic E-state index is 12.8. The van der Waals surface area contributed by atoms with Crippen LogP contribution in [-0.4, -0.2) is 33.1 Å². The van der Waals surface area contributed by atoms with Crippen LogP contribution < -0.4 is 9.46 Å². The summed E-state index contributed by atoms with van der Waals surface area (Å²) in [7, 11) is -2.30. The molecule has 3 aromatic rings. The van der Waals surface area contributed by atoms with Crippen molar-refractivity contribution in [1.29, 1.82) is 0 Å². The molecule has 0 unspecified atom stereocenters. The molecular formula is C23H22N2O5S. The maximum Gasteiger partial charge on any atom is 0.331 e. The Hall–Kier alpha value is -3.65. The van der Waals surface area contributed by atoms with E-state index in [1.54, 1.807) is 61.8 Å². The van der Waals surface area contributed by atoms with Crippen molar-refractivity contribution in [1.82, 2.24) is 4.98 Å². The number of hydrogen-bond acceptors (Lipinski definition) is 6. The summed E-state index contributed by atoms with van der Waals surface area (Å²) in [6.07, 6.45) is 4.63. The number of esters is 1. The Morgan fingerprint density at radius 2 is 1.81 bits per heavy atom. The van der Waals surface area contributed by atoms with Crippen molar-refractivity contribution in [3.05, 3.63) is 90.3 Å². The van der Waals surface area contributed by atoms with E-state index in [1.807, 2.05) is 6.07 Å². The second kappa shape index (κ2) is 9.90. The fourth-order valence-electron chi connectivity index (χ4n) is 2.88. The first kappa shape index (κ1) is 22.0. The van der Waals surface area contributed by atoms with Gasteiger partial charge in [-0.15, -0.1) is 0 Å². The van der Waals surface area contributed by atoms with Gasteiger partial charge in [0.1, 0.15) is 5.75 Å². The monoisotopic (exact) mass is 438 g/mol. The Balaban J connectivity index is 1.95. The number of sulfonamides is 1. The van der Waals surface area contributed by atoms with Gasteiger partial charge in [0.2, 0.25) is 0 Å². The number of anilines is 1. The number of aromatic nitrogens is 1. The van der Waals surface area contributed by atoms with Gasteiger partial charge in [-0.3, -0.25) is 9.71 Å². The molecule has 0 aliphatic rings. The number of carbonyl (C=O) groups is 1. The van der Waals surface area contributed by atoms with E-state index in [0.29, 0.717) is 28.1 Å². The van der Waals surface area contributed by atoms with Crippen LogP contribution in [0.3, 0.4) is 0 Å². The molecule has 0 aliphatic heterocycles. The highest BCUT2D eigenvalue weighted by atomic mass is 32.2. The van der Waals surface area contributed by atoms with Crippen LogP contribution >= 0.6 is 0 Å². The number of methoxy groups -OCH3 is 1. The van der Waals surface area contributed by atoms with Crippen LogP contribution in [0.1, 0.15) is 18.1 Å². The molecule has 3 rings (SSSR count). The number of benzene rings is 2. The van der Waals surface area contributed by atoms with E-state index < -0.39 is 16.0 Å². The lowest BCUT2D eigenvalue weighted by Gasteiger charge is -2.12. The first-order chi connectivity index (χ1) is 14.9. The quantitative estimate of drug-likeness (QED) is 0.424. The summed E-state index contributed by atoms with van der Waals surface area (Å²) in [5.74, 6) is 0.0664. The molecule has 31 heavy (non-hydrogen) atoms. The average Bonchev–Trinajstić information content (AvgIpc) is 2.78. The van der Waals surface area contributed by atoms with Gasteiger partial charge in [0.05, 0.1) is 18.6 Å². The molecule has 0 aliphatic carbocycles. The largest absolute Gasteiger partial charge is 0.497 e. The molecule has 8 heteroatoms. The Morgan fingerprint density at radius 3 is 2.45 bits per heavy atom. The van der Waals surface area contributed by atoms with Crippen molar-refractivity contribution in [3.8, 4) is 5.75 Å². The molecule has 2 aromatic carbocycles. The number of hydrogen-bond donors (Lipinski definition) is 1. The highest BCUT2D eigenvalue weighted by molar-refractivity contribution is 7.92. The first-order valence-corrected chi connectivity index (χ1v) is 11.0. The summed E-state index contributed by atoms with van der Waals surface area (Å²) in [4.78, 5) is 16.3. The molecule has 160 valence electrons. The van der Waals surface area contributed by atoms with Crippen molar-refractivity contribution >= 4 is 27.3 Å². The van der Waals surface area contributed by atoms with Crippen LogP contribution in [0.5, 0.6) is 5.75 Å². The number of rotatable bonds is 8. The highest BCUT2D eigenvalue weighted by Gasteiger charge is 2.16. The van der Waals surface area contributed by atoms with Gasteiger partial charge < -0.3 is 9.47 Å². The maximum atomic E-state index is 12.8. The van der Waals surface area contributed by atoms with Gasteiger partial charge in [-0.2, -0.15) is 0 Å². The molecule has 1 heterocycles. The van der Waals surface area contributed by atoms with Crippen LogP contribution in [0, 0.1) is 0 Å². The van der Waals surface area contributed by atoms with Crippen molar-refractivity contribution < 1.29 is 22.7 Å². The Labute approximate surface area is 181 Å². The van der Waals surface area contributed by atoms with E-state index in [0.717, 1.165) is 0 Å². The van der Waals surface area contributed by atoms with Gasteiger partial charge >= 0.3 is 5.97 Å². The minimum atomic E-state index is -3.81. The molecule has 0 atom stereocenters. The van der Waals surface area contributed by atoms with Crippen LogP contribution in [0.25, 0.3) is 5.57 Å². The Morgan fingerprint density at radius 1 is 1.06 bits per heavy atom. The van der Waals surface area contributed by atoms with Gasteiger partial charge in [-0.1, -0.05) is 18.2 Å². The molecule has 0 fully saturated rings. The minimum Gasteiger partial charge on any atom is -0.497 e. The minimum absolute atomic E-state index is 0.105. The number of nitrogens with one attached hydrogen (secondary N) is 1. The lowest BCUT2D eigenvalue weighted by molar-refractivity contribution is -0.137. The van der Waals surface area contributed by atoms with Crippen molar-refractivity contribution in [3.63, 3.8) is 0 Å². The molecule has 7 nitrogen and oxygen atoms in total. The summed E-state index contributed by atoms with van der Waals surface area (Å²) in [5, 5.41) is 0. The molecule has 0 saturated carbocycles. The van der Waals surface area contributed by atoms with Gasteiger partial charge in [0, 0.05) is 29.7 Å². The van der Waals surface area contributed by atoms with Crippen LogP contribution in [0.4, 0.5) is 5.69 Å². The van der Waals surface area contributed by atoms with Gasteiger partial charge in [0.15, 0.2) is 0 Å². The van der Waals surface area contributed by atoms with E-state index >= 15 is 0 Å². The highest BCUT2D eigenvalue weighted by Crippen LogP contribution is 2.27. The molecule has 0 bridgehead atoms. The van der Waals surface area contributed by atoms with Gasteiger partial charge in [-0.05, 0) is 60.5 Å². The zero-order valence-corrected chi connectivity index (χ0v) is 17.9. The standard InChI is InChI=1S/C23H22N2O5S/c1-3-30-23(26)15-22(18-7-5-13-24-16-18)17-6-4-8-19(14-17)25-31(27,28)21-11-9-20(29-2)10-12-21/h4-16,25H,3H2,1-2H3. The number of carbonyl (C=O) groups excluding carboxylic acids is 1. The third-order valence-electron chi connectivity index (χ3n) is 4.32.